The Morgan fingerprint density at radius 1 is 0.966 bits per heavy atom. The zero-order valence-electron chi connectivity index (χ0n) is 15.0. The summed E-state index contributed by atoms with van der Waals surface area (Å²) in [5.74, 6) is -0.821. The van der Waals surface area contributed by atoms with Gasteiger partial charge in [0, 0.05) is 28.3 Å². The Labute approximate surface area is 171 Å². The molecule has 144 valence electrons. The number of anilines is 1. The number of rotatable bonds is 6. The zero-order valence-corrected chi connectivity index (χ0v) is 15.8. The molecular formula is C22H15ClN2O4. The molecule has 0 aliphatic rings. The van der Waals surface area contributed by atoms with E-state index in [0.717, 1.165) is 0 Å². The molecule has 1 amide bonds. The van der Waals surface area contributed by atoms with Gasteiger partial charge in [0.1, 0.15) is 0 Å². The number of nitrogens with zero attached hydrogens (tertiary/aromatic N) is 1. The molecule has 0 saturated carbocycles. The van der Waals surface area contributed by atoms with Crippen LogP contribution in [-0.4, -0.2) is 16.6 Å². The van der Waals surface area contributed by atoms with E-state index in [1.54, 1.807) is 48.5 Å². The van der Waals surface area contributed by atoms with Crippen molar-refractivity contribution in [2.75, 3.05) is 5.32 Å². The first kappa shape index (κ1) is 20.0. The minimum absolute atomic E-state index is 0.108. The van der Waals surface area contributed by atoms with Gasteiger partial charge in [0.15, 0.2) is 5.78 Å². The van der Waals surface area contributed by atoms with Crippen molar-refractivity contribution in [1.29, 1.82) is 0 Å². The SMILES string of the molecule is O=C(C=Cc1ccccc1[N+](=O)[O-])Nc1ccc(Cl)cc1C(=O)c1ccccc1. The predicted molar refractivity (Wildman–Crippen MR) is 112 cm³/mol. The minimum atomic E-state index is -0.535. The molecule has 0 bridgehead atoms. The number of para-hydroxylation sites is 1. The highest BCUT2D eigenvalue weighted by Gasteiger charge is 2.16. The Morgan fingerprint density at radius 3 is 2.38 bits per heavy atom. The van der Waals surface area contributed by atoms with Crippen LogP contribution in [0, 0.1) is 10.1 Å². The van der Waals surface area contributed by atoms with E-state index in [2.05, 4.69) is 5.32 Å². The van der Waals surface area contributed by atoms with Gasteiger partial charge in [-0.05, 0) is 30.3 Å². The molecule has 6 nitrogen and oxygen atoms in total. The summed E-state index contributed by atoms with van der Waals surface area (Å²) in [6, 6.07) is 19.3. The molecule has 3 aromatic carbocycles. The van der Waals surface area contributed by atoms with Crippen molar-refractivity contribution < 1.29 is 14.5 Å². The van der Waals surface area contributed by atoms with E-state index in [1.165, 1.54) is 36.4 Å². The second kappa shape index (κ2) is 8.95. The molecule has 0 fully saturated rings. The van der Waals surface area contributed by atoms with Crippen molar-refractivity contribution in [3.8, 4) is 0 Å². The number of hydrogen-bond acceptors (Lipinski definition) is 4. The van der Waals surface area contributed by atoms with Crippen LogP contribution in [0.5, 0.6) is 0 Å². The summed E-state index contributed by atoms with van der Waals surface area (Å²) in [6.07, 6.45) is 2.52. The quantitative estimate of drug-likeness (QED) is 0.266. The van der Waals surface area contributed by atoms with Crippen molar-refractivity contribution in [3.05, 3.63) is 111 Å². The van der Waals surface area contributed by atoms with Crippen LogP contribution in [0.4, 0.5) is 11.4 Å². The maximum atomic E-state index is 12.8. The molecule has 0 radical (unpaired) electrons. The number of nitro groups is 1. The molecule has 1 N–H and O–H groups in total. The Bertz CT molecular complexity index is 1110. The number of hydrogen-bond donors (Lipinski definition) is 1. The standard InChI is InChI=1S/C22H15ClN2O4/c23-17-11-12-19(18(14-17)22(27)16-7-2-1-3-8-16)24-21(26)13-10-15-6-4-5-9-20(15)25(28)29/h1-14H,(H,24,26). The fourth-order valence-electron chi connectivity index (χ4n) is 2.69. The second-order valence-electron chi connectivity index (χ2n) is 6.02. The highest BCUT2D eigenvalue weighted by Crippen LogP contribution is 2.24. The molecule has 0 aliphatic heterocycles. The Morgan fingerprint density at radius 2 is 1.66 bits per heavy atom. The van der Waals surface area contributed by atoms with E-state index < -0.39 is 10.8 Å². The van der Waals surface area contributed by atoms with Gasteiger partial charge < -0.3 is 5.32 Å². The van der Waals surface area contributed by atoms with Crippen LogP contribution < -0.4 is 5.32 Å². The van der Waals surface area contributed by atoms with E-state index in [1.807, 2.05) is 0 Å². The number of ketones is 1. The summed E-state index contributed by atoms with van der Waals surface area (Å²) in [5.41, 5.74) is 1.18. The van der Waals surface area contributed by atoms with Crippen LogP contribution >= 0.6 is 11.6 Å². The topological polar surface area (TPSA) is 89.3 Å². The van der Waals surface area contributed by atoms with Crippen LogP contribution in [0.15, 0.2) is 78.9 Å². The van der Waals surface area contributed by atoms with Crippen molar-refractivity contribution >= 4 is 40.7 Å². The minimum Gasteiger partial charge on any atom is -0.322 e. The third-order valence-electron chi connectivity index (χ3n) is 4.07. The lowest BCUT2D eigenvalue weighted by Gasteiger charge is -2.10. The Hall–Kier alpha value is -3.77. The first-order valence-electron chi connectivity index (χ1n) is 8.57. The van der Waals surface area contributed by atoms with Crippen LogP contribution in [0.2, 0.25) is 5.02 Å². The highest BCUT2D eigenvalue weighted by atomic mass is 35.5. The fourth-order valence-corrected chi connectivity index (χ4v) is 2.87. The van der Waals surface area contributed by atoms with Crippen molar-refractivity contribution in [1.82, 2.24) is 0 Å². The molecule has 7 heteroatoms. The molecule has 0 saturated heterocycles. The molecule has 29 heavy (non-hydrogen) atoms. The molecule has 0 spiro atoms. The fraction of sp³-hybridized carbons (Fsp3) is 0. The second-order valence-corrected chi connectivity index (χ2v) is 6.46. The van der Waals surface area contributed by atoms with E-state index in [0.29, 0.717) is 21.8 Å². The average Bonchev–Trinajstić information content (AvgIpc) is 2.73. The van der Waals surface area contributed by atoms with Crippen LogP contribution in [0.3, 0.4) is 0 Å². The third kappa shape index (κ3) is 4.94. The van der Waals surface area contributed by atoms with Crippen molar-refractivity contribution in [2.45, 2.75) is 0 Å². The molecule has 0 heterocycles. The maximum Gasteiger partial charge on any atom is 0.276 e. The van der Waals surface area contributed by atoms with Crippen LogP contribution in [0.1, 0.15) is 21.5 Å². The van der Waals surface area contributed by atoms with Gasteiger partial charge in [0.05, 0.1) is 16.2 Å². The third-order valence-corrected chi connectivity index (χ3v) is 4.30. The molecule has 0 aromatic heterocycles. The number of carbonyl (C=O) groups excluding carboxylic acids is 2. The van der Waals surface area contributed by atoms with Gasteiger partial charge in [0.2, 0.25) is 5.91 Å². The lowest BCUT2D eigenvalue weighted by Crippen LogP contribution is -2.13. The van der Waals surface area contributed by atoms with E-state index >= 15 is 0 Å². The molecule has 3 rings (SSSR count). The first-order chi connectivity index (χ1) is 14.0. The van der Waals surface area contributed by atoms with Gasteiger partial charge in [-0.1, -0.05) is 54.1 Å². The number of carbonyl (C=O) groups is 2. The van der Waals surface area contributed by atoms with Crippen molar-refractivity contribution in [2.24, 2.45) is 0 Å². The number of nitro benzene ring substituents is 1. The smallest absolute Gasteiger partial charge is 0.276 e. The normalized spacial score (nSPS) is 10.7. The number of benzene rings is 3. The lowest BCUT2D eigenvalue weighted by molar-refractivity contribution is -0.385. The summed E-state index contributed by atoms with van der Waals surface area (Å²) < 4.78 is 0. The van der Waals surface area contributed by atoms with Gasteiger partial charge in [-0.25, -0.2) is 0 Å². The van der Waals surface area contributed by atoms with Crippen molar-refractivity contribution in [3.63, 3.8) is 0 Å². The summed E-state index contributed by atoms with van der Waals surface area (Å²) in [5, 5.41) is 14.1. The van der Waals surface area contributed by atoms with Gasteiger partial charge in [0.25, 0.3) is 5.69 Å². The first-order valence-corrected chi connectivity index (χ1v) is 8.95. The summed E-state index contributed by atoms with van der Waals surface area (Å²) in [7, 11) is 0. The van der Waals surface area contributed by atoms with Gasteiger partial charge >= 0.3 is 0 Å². The molecule has 0 atom stereocenters. The predicted octanol–water partition coefficient (Wildman–Crippen LogP) is 5.13. The summed E-state index contributed by atoms with van der Waals surface area (Å²) in [4.78, 5) is 35.7. The van der Waals surface area contributed by atoms with Gasteiger partial charge in [-0.15, -0.1) is 0 Å². The number of halogens is 1. The number of amides is 1. The Kier molecular flexibility index (Phi) is 6.16. The van der Waals surface area contributed by atoms with Crippen LogP contribution in [-0.2, 0) is 4.79 Å². The lowest BCUT2D eigenvalue weighted by atomic mass is 10.0. The van der Waals surface area contributed by atoms with E-state index in [-0.39, 0.29) is 17.0 Å². The van der Waals surface area contributed by atoms with Crippen LogP contribution in [0.25, 0.3) is 6.08 Å². The average molecular weight is 407 g/mol. The molecular weight excluding hydrogens is 392 g/mol. The zero-order chi connectivity index (χ0) is 20.8. The number of nitrogens with one attached hydrogen (secondary N) is 1. The molecule has 0 aliphatic carbocycles. The van der Waals surface area contributed by atoms with Gasteiger partial charge in [-0.3, -0.25) is 19.7 Å². The molecule has 0 unspecified atom stereocenters. The molecule has 3 aromatic rings. The van der Waals surface area contributed by atoms with E-state index in [4.69, 9.17) is 11.6 Å². The highest BCUT2D eigenvalue weighted by molar-refractivity contribution is 6.31. The maximum absolute atomic E-state index is 12.8. The van der Waals surface area contributed by atoms with E-state index in [9.17, 15) is 19.7 Å². The Balaban J connectivity index is 1.85. The monoisotopic (exact) mass is 406 g/mol. The van der Waals surface area contributed by atoms with Gasteiger partial charge in [-0.2, -0.15) is 0 Å². The largest absolute Gasteiger partial charge is 0.322 e. The summed E-state index contributed by atoms with van der Waals surface area (Å²) in [6.45, 7) is 0. The summed E-state index contributed by atoms with van der Waals surface area (Å²) >= 11 is 6.03.